The molecule has 0 aliphatic rings. The van der Waals surface area contributed by atoms with Gasteiger partial charge in [-0.05, 0) is 12.1 Å². The summed E-state index contributed by atoms with van der Waals surface area (Å²) >= 11 is 1.34. The Morgan fingerprint density at radius 2 is 2.08 bits per heavy atom. The van der Waals surface area contributed by atoms with E-state index in [1.165, 1.54) is 11.3 Å². The molecule has 0 aliphatic carbocycles. The van der Waals surface area contributed by atoms with Crippen LogP contribution < -0.4 is 0 Å². The van der Waals surface area contributed by atoms with Gasteiger partial charge in [0.25, 0.3) is 0 Å². The lowest BCUT2D eigenvalue weighted by Gasteiger charge is -1.92. The summed E-state index contributed by atoms with van der Waals surface area (Å²) in [6.07, 6.45) is 4.17. The molecule has 13 heavy (non-hydrogen) atoms. The van der Waals surface area contributed by atoms with E-state index in [2.05, 4.69) is 9.97 Å². The molecule has 0 saturated heterocycles. The average Bonchev–Trinajstić information content (AvgIpc) is 2.67. The number of hydrogen-bond acceptors (Lipinski definition) is 4. The van der Waals surface area contributed by atoms with Crippen LogP contribution in [0, 0.1) is 0 Å². The number of nitrogens with zero attached hydrogens (tertiary/aromatic N) is 2. The maximum absolute atomic E-state index is 10.4. The van der Waals surface area contributed by atoms with E-state index in [1.807, 2.05) is 17.5 Å². The minimum atomic E-state index is 0.506. The summed E-state index contributed by atoms with van der Waals surface area (Å²) < 4.78 is 0. The van der Waals surface area contributed by atoms with E-state index in [9.17, 15) is 4.79 Å². The Morgan fingerprint density at radius 3 is 2.69 bits per heavy atom. The van der Waals surface area contributed by atoms with Gasteiger partial charge >= 0.3 is 0 Å². The van der Waals surface area contributed by atoms with Crippen molar-refractivity contribution in [3.63, 3.8) is 0 Å². The number of aldehydes is 1. The summed E-state index contributed by atoms with van der Waals surface area (Å²) in [5, 5.41) is 2.37. The maximum atomic E-state index is 10.4. The Morgan fingerprint density at radius 1 is 1.31 bits per heavy atom. The van der Waals surface area contributed by atoms with Gasteiger partial charge in [0, 0.05) is 23.3 Å². The van der Waals surface area contributed by atoms with Crippen molar-refractivity contribution in [2.75, 3.05) is 0 Å². The molecular formula is C9H6N2OS. The molecule has 0 saturated carbocycles. The molecule has 64 valence electrons. The fourth-order valence-corrected chi connectivity index (χ4v) is 1.62. The Labute approximate surface area is 79.1 Å². The Kier molecular flexibility index (Phi) is 2.14. The zero-order chi connectivity index (χ0) is 9.10. The van der Waals surface area contributed by atoms with Crippen LogP contribution in [0.1, 0.15) is 9.80 Å². The van der Waals surface area contributed by atoms with E-state index in [0.717, 1.165) is 17.5 Å². The van der Waals surface area contributed by atoms with Gasteiger partial charge in [0.15, 0.2) is 11.3 Å². The largest absolute Gasteiger partial charge is 0.295 e. The third-order valence-corrected chi connectivity index (χ3v) is 2.37. The van der Waals surface area contributed by atoms with Crippen LogP contribution in [-0.4, -0.2) is 16.3 Å². The van der Waals surface area contributed by atoms with Crippen molar-refractivity contribution in [3.05, 3.63) is 34.9 Å². The van der Waals surface area contributed by atoms with Crippen LogP contribution in [-0.2, 0) is 0 Å². The number of carbonyl (C=O) groups is 1. The highest BCUT2D eigenvalue weighted by Crippen LogP contribution is 2.19. The molecule has 4 heteroatoms. The third kappa shape index (κ3) is 1.62. The van der Waals surface area contributed by atoms with Gasteiger partial charge in [0.1, 0.15) is 0 Å². The maximum Gasteiger partial charge on any atom is 0.178 e. The van der Waals surface area contributed by atoms with Gasteiger partial charge in [0.2, 0.25) is 0 Å². The van der Waals surface area contributed by atoms with E-state index in [0.29, 0.717) is 5.01 Å². The predicted octanol–water partition coefficient (Wildman–Crippen LogP) is 2.02. The van der Waals surface area contributed by atoms with Crippen molar-refractivity contribution in [2.45, 2.75) is 0 Å². The molecule has 0 radical (unpaired) electrons. The Bertz CT molecular complexity index is 411. The molecular weight excluding hydrogens is 184 g/mol. The minimum absolute atomic E-state index is 0.506. The smallest absolute Gasteiger partial charge is 0.178 e. The second kappa shape index (κ2) is 3.45. The fraction of sp³-hybridized carbons (Fsp3) is 0. The van der Waals surface area contributed by atoms with E-state index < -0.39 is 0 Å². The van der Waals surface area contributed by atoms with Crippen molar-refractivity contribution in [2.24, 2.45) is 0 Å². The topological polar surface area (TPSA) is 42.9 Å². The zero-order valence-electron chi connectivity index (χ0n) is 6.68. The molecule has 2 aromatic heterocycles. The standard InChI is InChI=1S/C9H6N2OS/c12-5-9-11-8(6-13-9)7-1-3-10-4-2-7/h1-6H. The van der Waals surface area contributed by atoms with E-state index in [4.69, 9.17) is 0 Å². The molecule has 0 fully saturated rings. The van der Waals surface area contributed by atoms with Crippen molar-refractivity contribution in [3.8, 4) is 11.3 Å². The first-order chi connectivity index (χ1) is 6.40. The first kappa shape index (κ1) is 8.07. The molecule has 0 aromatic carbocycles. The predicted molar refractivity (Wildman–Crippen MR) is 50.7 cm³/mol. The Balaban J connectivity index is 2.41. The summed E-state index contributed by atoms with van der Waals surface area (Å²) in [5.41, 5.74) is 1.81. The molecule has 0 spiro atoms. The number of hydrogen-bond donors (Lipinski definition) is 0. The number of rotatable bonds is 2. The monoisotopic (exact) mass is 190 g/mol. The quantitative estimate of drug-likeness (QED) is 0.680. The molecule has 0 amide bonds. The summed E-state index contributed by atoms with van der Waals surface area (Å²) in [5.74, 6) is 0. The highest BCUT2D eigenvalue weighted by Gasteiger charge is 2.01. The van der Waals surface area contributed by atoms with Crippen LogP contribution in [0.3, 0.4) is 0 Å². The highest BCUT2D eigenvalue weighted by atomic mass is 32.1. The van der Waals surface area contributed by atoms with Crippen molar-refractivity contribution < 1.29 is 4.79 Å². The second-order valence-corrected chi connectivity index (χ2v) is 3.31. The van der Waals surface area contributed by atoms with Crippen molar-refractivity contribution in [1.82, 2.24) is 9.97 Å². The minimum Gasteiger partial charge on any atom is -0.295 e. The molecule has 0 atom stereocenters. The van der Waals surface area contributed by atoms with Crippen molar-refractivity contribution >= 4 is 17.6 Å². The molecule has 0 aliphatic heterocycles. The molecule has 0 N–H and O–H groups in total. The molecule has 2 heterocycles. The first-order valence-corrected chi connectivity index (χ1v) is 4.59. The zero-order valence-corrected chi connectivity index (χ0v) is 7.49. The summed E-state index contributed by atoms with van der Waals surface area (Å²) in [4.78, 5) is 18.4. The number of carbonyl (C=O) groups excluding carboxylic acids is 1. The van der Waals surface area contributed by atoms with Gasteiger partial charge in [-0.15, -0.1) is 11.3 Å². The fourth-order valence-electron chi connectivity index (χ4n) is 0.997. The number of pyridine rings is 1. The van der Waals surface area contributed by atoms with E-state index in [1.54, 1.807) is 12.4 Å². The van der Waals surface area contributed by atoms with Crippen LogP contribution in [0.2, 0.25) is 0 Å². The molecule has 0 bridgehead atoms. The lowest BCUT2D eigenvalue weighted by Crippen LogP contribution is -1.80. The van der Waals surface area contributed by atoms with E-state index in [-0.39, 0.29) is 0 Å². The van der Waals surface area contributed by atoms with Gasteiger partial charge in [-0.25, -0.2) is 4.98 Å². The normalized spacial score (nSPS) is 9.85. The van der Waals surface area contributed by atoms with Gasteiger partial charge in [-0.1, -0.05) is 0 Å². The van der Waals surface area contributed by atoms with E-state index >= 15 is 0 Å². The molecule has 2 aromatic rings. The molecule has 0 unspecified atom stereocenters. The lowest BCUT2D eigenvalue weighted by molar-refractivity contribution is 0.112. The van der Waals surface area contributed by atoms with Gasteiger partial charge < -0.3 is 0 Å². The summed E-state index contributed by atoms with van der Waals surface area (Å²) in [6, 6.07) is 3.73. The first-order valence-electron chi connectivity index (χ1n) is 3.71. The SMILES string of the molecule is O=Cc1nc(-c2ccncc2)cs1. The third-order valence-electron chi connectivity index (χ3n) is 1.60. The lowest BCUT2D eigenvalue weighted by atomic mass is 10.2. The Hall–Kier alpha value is -1.55. The second-order valence-electron chi connectivity index (χ2n) is 2.42. The molecule has 3 nitrogen and oxygen atoms in total. The van der Waals surface area contributed by atoms with Crippen LogP contribution in [0.5, 0.6) is 0 Å². The van der Waals surface area contributed by atoms with Crippen molar-refractivity contribution in [1.29, 1.82) is 0 Å². The summed E-state index contributed by atoms with van der Waals surface area (Å²) in [7, 11) is 0. The van der Waals surface area contributed by atoms with Crippen LogP contribution >= 0.6 is 11.3 Å². The summed E-state index contributed by atoms with van der Waals surface area (Å²) in [6.45, 7) is 0. The van der Waals surface area contributed by atoms with Crippen LogP contribution in [0.4, 0.5) is 0 Å². The molecule has 2 rings (SSSR count). The number of aromatic nitrogens is 2. The van der Waals surface area contributed by atoms with Crippen LogP contribution in [0.15, 0.2) is 29.9 Å². The van der Waals surface area contributed by atoms with Gasteiger partial charge in [-0.3, -0.25) is 9.78 Å². The van der Waals surface area contributed by atoms with Crippen LogP contribution in [0.25, 0.3) is 11.3 Å². The van der Waals surface area contributed by atoms with Gasteiger partial charge in [0.05, 0.1) is 5.69 Å². The van der Waals surface area contributed by atoms with Gasteiger partial charge in [-0.2, -0.15) is 0 Å². The highest BCUT2D eigenvalue weighted by molar-refractivity contribution is 7.11. The average molecular weight is 190 g/mol. The number of thiazole rings is 1.